The molecule has 0 spiro atoms. The number of hydrogen-bond acceptors (Lipinski definition) is 3. The molecule has 1 aromatic rings. The second kappa shape index (κ2) is 9.40. The summed E-state index contributed by atoms with van der Waals surface area (Å²) in [5.74, 6) is 0.977. The summed E-state index contributed by atoms with van der Waals surface area (Å²) >= 11 is 0. The Labute approximate surface area is 139 Å². The van der Waals surface area contributed by atoms with Crippen LogP contribution in [-0.4, -0.2) is 62.2 Å². The van der Waals surface area contributed by atoms with Gasteiger partial charge in [0.1, 0.15) is 5.75 Å². The van der Waals surface area contributed by atoms with Crippen LogP contribution in [0.1, 0.15) is 25.3 Å². The zero-order valence-corrected chi connectivity index (χ0v) is 14.4. The number of ether oxygens (including phenoxy) is 1. The molecule has 1 N–H and O–H groups in total. The Bertz CT molecular complexity index is 485. The Morgan fingerprint density at radius 3 is 2.65 bits per heavy atom. The molecule has 0 radical (unpaired) electrons. The SMILES string of the molecule is CCCNC(=O)N1CCN(CCCc2ccccc2OC)CC1. The summed E-state index contributed by atoms with van der Waals surface area (Å²) in [5, 5.41) is 2.95. The Balaban J connectivity index is 1.68. The largest absolute Gasteiger partial charge is 0.496 e. The lowest BCUT2D eigenvalue weighted by Gasteiger charge is -2.34. The zero-order chi connectivity index (χ0) is 16.5. The van der Waals surface area contributed by atoms with E-state index in [1.165, 1.54) is 5.56 Å². The van der Waals surface area contributed by atoms with E-state index in [0.717, 1.165) is 64.3 Å². The van der Waals surface area contributed by atoms with Gasteiger partial charge in [-0.25, -0.2) is 4.79 Å². The van der Waals surface area contributed by atoms with E-state index in [0.29, 0.717) is 0 Å². The predicted octanol–water partition coefficient (Wildman–Crippen LogP) is 2.37. The van der Waals surface area contributed by atoms with Gasteiger partial charge in [0.15, 0.2) is 0 Å². The highest BCUT2D eigenvalue weighted by Crippen LogP contribution is 2.19. The first kappa shape index (κ1) is 17.6. The fraction of sp³-hybridized carbons (Fsp3) is 0.611. The van der Waals surface area contributed by atoms with Crippen molar-refractivity contribution in [2.45, 2.75) is 26.2 Å². The molecule has 0 aromatic heterocycles. The number of amides is 2. The van der Waals surface area contributed by atoms with Gasteiger partial charge in [0, 0.05) is 32.7 Å². The van der Waals surface area contributed by atoms with E-state index in [9.17, 15) is 4.79 Å². The molecule has 5 nitrogen and oxygen atoms in total. The predicted molar refractivity (Wildman–Crippen MR) is 93.0 cm³/mol. The first-order chi connectivity index (χ1) is 11.2. The summed E-state index contributed by atoms with van der Waals surface area (Å²) in [6.07, 6.45) is 3.12. The molecule has 0 saturated carbocycles. The summed E-state index contributed by atoms with van der Waals surface area (Å²) in [5.41, 5.74) is 1.27. The van der Waals surface area contributed by atoms with E-state index < -0.39 is 0 Å². The van der Waals surface area contributed by atoms with Crippen LogP contribution in [0, 0.1) is 0 Å². The van der Waals surface area contributed by atoms with Crippen molar-refractivity contribution in [1.82, 2.24) is 15.1 Å². The highest BCUT2D eigenvalue weighted by Gasteiger charge is 2.20. The number of rotatable bonds is 7. The van der Waals surface area contributed by atoms with Gasteiger partial charge >= 0.3 is 6.03 Å². The third-order valence-corrected chi connectivity index (χ3v) is 4.30. The highest BCUT2D eigenvalue weighted by molar-refractivity contribution is 5.74. The summed E-state index contributed by atoms with van der Waals surface area (Å²) in [6, 6.07) is 8.30. The van der Waals surface area contributed by atoms with Crippen LogP contribution in [0.2, 0.25) is 0 Å². The van der Waals surface area contributed by atoms with Crippen LogP contribution in [0.5, 0.6) is 5.75 Å². The fourth-order valence-electron chi connectivity index (χ4n) is 2.92. The molecule has 23 heavy (non-hydrogen) atoms. The van der Waals surface area contributed by atoms with Crippen molar-refractivity contribution in [3.8, 4) is 5.75 Å². The zero-order valence-electron chi connectivity index (χ0n) is 14.4. The third-order valence-electron chi connectivity index (χ3n) is 4.30. The molecule has 1 aliphatic rings. The van der Waals surface area contributed by atoms with Crippen LogP contribution in [-0.2, 0) is 6.42 Å². The van der Waals surface area contributed by atoms with E-state index in [2.05, 4.69) is 29.3 Å². The van der Waals surface area contributed by atoms with Gasteiger partial charge in [-0.15, -0.1) is 0 Å². The molecule has 0 aliphatic carbocycles. The van der Waals surface area contributed by atoms with Gasteiger partial charge in [-0.2, -0.15) is 0 Å². The van der Waals surface area contributed by atoms with Crippen molar-refractivity contribution in [3.05, 3.63) is 29.8 Å². The van der Waals surface area contributed by atoms with Crippen LogP contribution >= 0.6 is 0 Å². The maximum atomic E-state index is 11.9. The van der Waals surface area contributed by atoms with Crippen molar-refractivity contribution in [2.24, 2.45) is 0 Å². The molecule has 0 bridgehead atoms. The van der Waals surface area contributed by atoms with Crippen molar-refractivity contribution in [3.63, 3.8) is 0 Å². The van der Waals surface area contributed by atoms with E-state index in [1.807, 2.05) is 17.0 Å². The number of aryl methyl sites for hydroxylation is 1. The van der Waals surface area contributed by atoms with E-state index in [-0.39, 0.29) is 6.03 Å². The minimum absolute atomic E-state index is 0.0838. The Kier molecular flexibility index (Phi) is 7.20. The quantitative estimate of drug-likeness (QED) is 0.839. The molecule has 128 valence electrons. The van der Waals surface area contributed by atoms with Gasteiger partial charge in [-0.1, -0.05) is 25.1 Å². The van der Waals surface area contributed by atoms with Gasteiger partial charge in [-0.05, 0) is 37.4 Å². The van der Waals surface area contributed by atoms with Crippen molar-refractivity contribution in [2.75, 3.05) is 46.4 Å². The number of para-hydroxylation sites is 1. The second-order valence-electron chi connectivity index (χ2n) is 5.98. The average molecular weight is 319 g/mol. The molecule has 1 aromatic carbocycles. The van der Waals surface area contributed by atoms with Crippen LogP contribution in [0.15, 0.2) is 24.3 Å². The van der Waals surface area contributed by atoms with Crippen LogP contribution in [0.25, 0.3) is 0 Å². The van der Waals surface area contributed by atoms with Gasteiger partial charge in [0.2, 0.25) is 0 Å². The third kappa shape index (κ3) is 5.43. The van der Waals surface area contributed by atoms with Crippen LogP contribution < -0.4 is 10.1 Å². The maximum absolute atomic E-state index is 11.9. The van der Waals surface area contributed by atoms with Gasteiger partial charge in [-0.3, -0.25) is 4.90 Å². The van der Waals surface area contributed by atoms with Crippen molar-refractivity contribution >= 4 is 6.03 Å². The number of hydrogen-bond donors (Lipinski definition) is 1. The van der Waals surface area contributed by atoms with E-state index >= 15 is 0 Å². The molecule has 0 unspecified atom stereocenters. The Morgan fingerprint density at radius 1 is 1.22 bits per heavy atom. The normalized spacial score (nSPS) is 15.5. The summed E-state index contributed by atoms with van der Waals surface area (Å²) in [6.45, 7) is 7.48. The number of piperazine rings is 1. The Morgan fingerprint density at radius 2 is 1.96 bits per heavy atom. The fourth-order valence-corrected chi connectivity index (χ4v) is 2.92. The number of nitrogens with one attached hydrogen (secondary N) is 1. The standard InChI is InChI=1S/C18H29N3O2/c1-3-10-19-18(22)21-14-12-20(13-15-21)11-6-8-16-7-4-5-9-17(16)23-2/h4-5,7,9H,3,6,8,10-15H2,1-2H3,(H,19,22). The average Bonchev–Trinajstić information content (AvgIpc) is 2.60. The molecule has 1 fully saturated rings. The first-order valence-corrected chi connectivity index (χ1v) is 8.61. The van der Waals surface area contributed by atoms with Gasteiger partial charge in [0.05, 0.1) is 7.11 Å². The van der Waals surface area contributed by atoms with E-state index in [4.69, 9.17) is 4.74 Å². The lowest BCUT2D eigenvalue weighted by atomic mass is 10.1. The van der Waals surface area contributed by atoms with Crippen LogP contribution in [0.4, 0.5) is 4.79 Å². The summed E-state index contributed by atoms with van der Waals surface area (Å²) in [4.78, 5) is 16.3. The van der Waals surface area contributed by atoms with Crippen LogP contribution in [0.3, 0.4) is 0 Å². The molecule has 2 amide bonds. The van der Waals surface area contributed by atoms with Crippen molar-refractivity contribution < 1.29 is 9.53 Å². The number of benzene rings is 1. The lowest BCUT2D eigenvalue weighted by molar-refractivity contribution is 0.138. The first-order valence-electron chi connectivity index (χ1n) is 8.61. The summed E-state index contributed by atoms with van der Waals surface area (Å²) < 4.78 is 5.40. The molecule has 1 aliphatic heterocycles. The highest BCUT2D eigenvalue weighted by atomic mass is 16.5. The smallest absolute Gasteiger partial charge is 0.317 e. The molecular weight excluding hydrogens is 290 g/mol. The minimum atomic E-state index is 0.0838. The van der Waals surface area contributed by atoms with Gasteiger partial charge in [0.25, 0.3) is 0 Å². The molecule has 2 rings (SSSR count). The second-order valence-corrected chi connectivity index (χ2v) is 5.98. The number of methoxy groups -OCH3 is 1. The van der Waals surface area contributed by atoms with Gasteiger partial charge < -0.3 is 15.0 Å². The monoisotopic (exact) mass is 319 g/mol. The number of carbonyl (C=O) groups excluding carboxylic acids is 1. The topological polar surface area (TPSA) is 44.8 Å². The number of carbonyl (C=O) groups is 1. The minimum Gasteiger partial charge on any atom is -0.496 e. The molecule has 1 saturated heterocycles. The molecular formula is C18H29N3O2. The molecule has 1 heterocycles. The molecule has 0 atom stereocenters. The lowest BCUT2D eigenvalue weighted by Crippen LogP contribution is -2.52. The van der Waals surface area contributed by atoms with E-state index in [1.54, 1.807) is 7.11 Å². The molecule has 5 heteroatoms. The Hall–Kier alpha value is -1.75. The van der Waals surface area contributed by atoms with Crippen molar-refractivity contribution in [1.29, 1.82) is 0 Å². The number of urea groups is 1. The summed E-state index contributed by atoms with van der Waals surface area (Å²) in [7, 11) is 1.72. The maximum Gasteiger partial charge on any atom is 0.317 e. The number of nitrogens with zero attached hydrogens (tertiary/aromatic N) is 2.